The average Bonchev–Trinajstić information content (AvgIpc) is 2.92. The number of ether oxygens (including phenoxy) is 1. The number of nitrogens with one attached hydrogen (secondary N) is 1. The molecule has 0 spiro atoms. The molecule has 1 aromatic carbocycles. The third-order valence-electron chi connectivity index (χ3n) is 2.53. The van der Waals surface area contributed by atoms with E-state index >= 15 is 0 Å². The predicted octanol–water partition coefficient (Wildman–Crippen LogP) is 2.03. The standard InChI is InChI=1S/C12H14N4O4/c1-2-19-11-7-9(3-4-10(11)16(17)18)13-6-5-12-14-8-15-20-12/h3-4,7-8,13H,2,5-6H2,1H3. The highest BCUT2D eigenvalue weighted by molar-refractivity contribution is 5.58. The van der Waals surface area contributed by atoms with Crippen molar-refractivity contribution in [1.82, 2.24) is 10.1 Å². The number of nitro groups is 1. The van der Waals surface area contributed by atoms with Gasteiger partial charge in [-0.2, -0.15) is 4.98 Å². The summed E-state index contributed by atoms with van der Waals surface area (Å²) in [6.45, 7) is 2.72. The molecular weight excluding hydrogens is 264 g/mol. The van der Waals surface area contributed by atoms with Crippen molar-refractivity contribution in [3.63, 3.8) is 0 Å². The van der Waals surface area contributed by atoms with E-state index in [0.29, 0.717) is 25.5 Å². The van der Waals surface area contributed by atoms with Crippen molar-refractivity contribution >= 4 is 11.4 Å². The minimum atomic E-state index is -0.465. The first-order valence-electron chi connectivity index (χ1n) is 6.11. The Hall–Kier alpha value is -2.64. The average molecular weight is 278 g/mol. The van der Waals surface area contributed by atoms with Gasteiger partial charge < -0.3 is 14.6 Å². The molecular formula is C12H14N4O4. The van der Waals surface area contributed by atoms with Crippen molar-refractivity contribution in [2.45, 2.75) is 13.3 Å². The molecule has 0 aliphatic rings. The van der Waals surface area contributed by atoms with E-state index in [4.69, 9.17) is 9.26 Å². The molecule has 0 radical (unpaired) electrons. The van der Waals surface area contributed by atoms with Crippen molar-refractivity contribution in [3.8, 4) is 5.75 Å². The fraction of sp³-hybridized carbons (Fsp3) is 0.333. The highest BCUT2D eigenvalue weighted by atomic mass is 16.6. The number of hydrogen-bond acceptors (Lipinski definition) is 7. The molecule has 2 aromatic rings. The lowest BCUT2D eigenvalue weighted by atomic mass is 10.2. The van der Waals surface area contributed by atoms with E-state index < -0.39 is 4.92 Å². The van der Waals surface area contributed by atoms with Crippen LogP contribution in [0.4, 0.5) is 11.4 Å². The van der Waals surface area contributed by atoms with Crippen LogP contribution in [0.1, 0.15) is 12.8 Å². The molecule has 0 aliphatic carbocycles. The zero-order valence-electron chi connectivity index (χ0n) is 10.9. The predicted molar refractivity (Wildman–Crippen MR) is 70.8 cm³/mol. The van der Waals surface area contributed by atoms with Gasteiger partial charge >= 0.3 is 5.69 Å². The Kier molecular flexibility index (Phi) is 4.48. The molecule has 8 heteroatoms. The summed E-state index contributed by atoms with van der Waals surface area (Å²) >= 11 is 0. The minimum Gasteiger partial charge on any atom is -0.487 e. The molecule has 0 fully saturated rings. The van der Waals surface area contributed by atoms with Gasteiger partial charge in [0.05, 0.1) is 11.5 Å². The lowest BCUT2D eigenvalue weighted by Crippen LogP contribution is -2.06. The molecule has 0 aliphatic heterocycles. The number of benzene rings is 1. The van der Waals surface area contributed by atoms with E-state index in [1.54, 1.807) is 19.1 Å². The van der Waals surface area contributed by atoms with Gasteiger partial charge in [0.15, 0.2) is 12.1 Å². The lowest BCUT2D eigenvalue weighted by Gasteiger charge is -2.08. The highest BCUT2D eigenvalue weighted by Gasteiger charge is 2.15. The molecule has 2 rings (SSSR count). The molecule has 20 heavy (non-hydrogen) atoms. The van der Waals surface area contributed by atoms with Crippen LogP contribution < -0.4 is 10.1 Å². The van der Waals surface area contributed by atoms with Crippen molar-refractivity contribution in [1.29, 1.82) is 0 Å². The van der Waals surface area contributed by atoms with Gasteiger partial charge in [-0.15, -0.1) is 0 Å². The van der Waals surface area contributed by atoms with Crippen LogP contribution in [0.25, 0.3) is 0 Å². The monoisotopic (exact) mass is 278 g/mol. The summed E-state index contributed by atoms with van der Waals surface area (Å²) < 4.78 is 10.1. The van der Waals surface area contributed by atoms with Gasteiger partial charge in [0.25, 0.3) is 0 Å². The van der Waals surface area contributed by atoms with Crippen LogP contribution in [0.5, 0.6) is 5.75 Å². The number of aromatic nitrogens is 2. The minimum absolute atomic E-state index is 0.0469. The third kappa shape index (κ3) is 3.44. The molecule has 1 aromatic heterocycles. The summed E-state index contributed by atoms with van der Waals surface area (Å²) in [7, 11) is 0. The molecule has 8 nitrogen and oxygen atoms in total. The van der Waals surface area contributed by atoms with Gasteiger partial charge in [-0.3, -0.25) is 10.1 Å². The van der Waals surface area contributed by atoms with E-state index in [2.05, 4.69) is 15.5 Å². The molecule has 0 bridgehead atoms. The molecule has 0 amide bonds. The van der Waals surface area contributed by atoms with Crippen LogP contribution in [0, 0.1) is 10.1 Å². The summed E-state index contributed by atoms with van der Waals surface area (Å²) in [4.78, 5) is 14.3. The first-order chi connectivity index (χ1) is 9.70. The second kappa shape index (κ2) is 6.50. The highest BCUT2D eigenvalue weighted by Crippen LogP contribution is 2.29. The number of hydrogen-bond donors (Lipinski definition) is 1. The summed E-state index contributed by atoms with van der Waals surface area (Å²) in [5, 5.41) is 17.5. The maximum atomic E-state index is 10.9. The second-order valence-electron chi connectivity index (χ2n) is 3.88. The van der Waals surface area contributed by atoms with E-state index in [9.17, 15) is 10.1 Å². The largest absolute Gasteiger partial charge is 0.487 e. The van der Waals surface area contributed by atoms with Crippen molar-refractivity contribution in [3.05, 3.63) is 40.5 Å². The fourth-order valence-electron chi connectivity index (χ4n) is 1.67. The number of nitro benzene ring substituents is 1. The number of rotatable bonds is 7. The lowest BCUT2D eigenvalue weighted by molar-refractivity contribution is -0.385. The molecule has 1 N–H and O–H groups in total. The van der Waals surface area contributed by atoms with Crippen LogP contribution in [0.15, 0.2) is 29.0 Å². The third-order valence-corrected chi connectivity index (χ3v) is 2.53. The molecule has 0 unspecified atom stereocenters. The van der Waals surface area contributed by atoms with Crippen molar-refractivity contribution < 1.29 is 14.2 Å². The SMILES string of the molecule is CCOc1cc(NCCc2ncno2)ccc1[N+](=O)[O-]. The summed E-state index contributed by atoms with van der Waals surface area (Å²) in [5.74, 6) is 0.782. The van der Waals surface area contributed by atoms with E-state index in [0.717, 1.165) is 5.69 Å². The number of anilines is 1. The van der Waals surface area contributed by atoms with Crippen LogP contribution in [-0.4, -0.2) is 28.2 Å². The fourth-order valence-corrected chi connectivity index (χ4v) is 1.67. The Bertz CT molecular complexity index is 571. The van der Waals surface area contributed by atoms with E-state index in [1.165, 1.54) is 12.4 Å². The topological polar surface area (TPSA) is 103 Å². The Morgan fingerprint density at radius 2 is 2.35 bits per heavy atom. The molecule has 1 heterocycles. The molecule has 0 atom stereocenters. The molecule has 0 saturated carbocycles. The van der Waals surface area contributed by atoms with E-state index in [-0.39, 0.29) is 11.4 Å². The van der Waals surface area contributed by atoms with Gasteiger partial charge in [-0.25, -0.2) is 0 Å². The van der Waals surface area contributed by atoms with Crippen molar-refractivity contribution in [2.75, 3.05) is 18.5 Å². The number of nitrogens with zero attached hydrogens (tertiary/aromatic N) is 3. The van der Waals surface area contributed by atoms with E-state index in [1.807, 2.05) is 0 Å². The second-order valence-corrected chi connectivity index (χ2v) is 3.88. The van der Waals surface area contributed by atoms with Gasteiger partial charge in [-0.1, -0.05) is 5.16 Å². The maximum Gasteiger partial charge on any atom is 0.311 e. The van der Waals surface area contributed by atoms with Crippen LogP contribution >= 0.6 is 0 Å². The first kappa shape index (κ1) is 13.8. The summed E-state index contributed by atoms with van der Waals surface area (Å²) in [6, 6.07) is 4.66. The van der Waals surface area contributed by atoms with Crippen molar-refractivity contribution in [2.24, 2.45) is 0 Å². The Labute approximate surface area is 114 Å². The quantitative estimate of drug-likeness (QED) is 0.610. The molecule has 0 saturated heterocycles. The Morgan fingerprint density at radius 3 is 3.00 bits per heavy atom. The normalized spacial score (nSPS) is 10.2. The smallest absolute Gasteiger partial charge is 0.311 e. The first-order valence-corrected chi connectivity index (χ1v) is 6.11. The molecule has 106 valence electrons. The van der Waals surface area contributed by atoms with Crippen LogP contribution in [0.3, 0.4) is 0 Å². The zero-order valence-corrected chi connectivity index (χ0v) is 10.9. The van der Waals surface area contributed by atoms with Gasteiger partial charge in [0.2, 0.25) is 5.89 Å². The zero-order chi connectivity index (χ0) is 14.4. The van der Waals surface area contributed by atoms with Crippen LogP contribution in [0.2, 0.25) is 0 Å². The van der Waals surface area contributed by atoms with Gasteiger partial charge in [0, 0.05) is 30.8 Å². The Balaban J connectivity index is 2.01. The summed E-state index contributed by atoms with van der Waals surface area (Å²) in [5.41, 5.74) is 0.688. The summed E-state index contributed by atoms with van der Waals surface area (Å²) in [6.07, 6.45) is 1.91. The maximum absolute atomic E-state index is 10.9. The van der Waals surface area contributed by atoms with Gasteiger partial charge in [0.1, 0.15) is 0 Å². The van der Waals surface area contributed by atoms with Crippen LogP contribution in [-0.2, 0) is 6.42 Å². The van der Waals surface area contributed by atoms with Gasteiger partial charge in [-0.05, 0) is 13.0 Å². The Morgan fingerprint density at radius 1 is 1.50 bits per heavy atom.